The van der Waals surface area contributed by atoms with Gasteiger partial charge in [0, 0.05) is 26.1 Å². The molecule has 0 bridgehead atoms. The third-order valence-electron chi connectivity index (χ3n) is 4.06. The molecule has 2 aromatic heterocycles. The van der Waals surface area contributed by atoms with Gasteiger partial charge in [-0.2, -0.15) is 5.10 Å². The summed E-state index contributed by atoms with van der Waals surface area (Å²) in [6.45, 7) is 1.41. The van der Waals surface area contributed by atoms with Crippen LogP contribution in [0.25, 0.3) is 11.0 Å². The maximum absolute atomic E-state index is 12.5. The highest BCUT2D eigenvalue weighted by atomic mass is 16.5. The molecule has 1 aliphatic heterocycles. The van der Waals surface area contributed by atoms with Crippen molar-refractivity contribution >= 4 is 22.9 Å². The molecule has 1 aliphatic rings. The van der Waals surface area contributed by atoms with E-state index in [2.05, 4.69) is 15.4 Å². The topological polar surface area (TPSA) is 83.2 Å². The second kappa shape index (κ2) is 5.55. The first-order chi connectivity index (χ1) is 11.7. The average Bonchev–Trinajstić information content (AvgIpc) is 3.17. The summed E-state index contributed by atoms with van der Waals surface area (Å²) in [6.07, 6.45) is 0.889. The van der Waals surface area contributed by atoms with Crippen LogP contribution in [-0.2, 0) is 13.6 Å². The molecule has 1 aromatic carbocycles. The van der Waals surface area contributed by atoms with Gasteiger partial charge in [0.1, 0.15) is 11.3 Å². The maximum atomic E-state index is 12.5. The number of carbonyl (C=O) groups is 1. The highest BCUT2D eigenvalue weighted by molar-refractivity contribution is 6.03. The summed E-state index contributed by atoms with van der Waals surface area (Å²) in [5.74, 6) is 1.40. The van der Waals surface area contributed by atoms with Crippen LogP contribution in [0.4, 0.5) is 5.95 Å². The largest absolute Gasteiger partial charge is 0.494 e. The average molecular weight is 327 g/mol. The van der Waals surface area contributed by atoms with Gasteiger partial charge in [-0.25, -0.2) is 9.67 Å². The molecule has 8 heteroatoms. The lowest BCUT2D eigenvalue weighted by Gasteiger charge is -2.13. The Bertz CT molecular complexity index is 904. The highest BCUT2D eigenvalue weighted by Gasteiger charge is 2.20. The number of aryl methyl sites for hydroxylation is 2. The number of anilines is 1. The van der Waals surface area contributed by atoms with Gasteiger partial charge in [0.15, 0.2) is 5.69 Å². The molecular formula is C16H17N5O3. The van der Waals surface area contributed by atoms with Crippen LogP contribution in [0.3, 0.4) is 0 Å². The third-order valence-corrected chi connectivity index (χ3v) is 4.06. The zero-order valence-corrected chi connectivity index (χ0v) is 13.4. The van der Waals surface area contributed by atoms with E-state index in [1.807, 2.05) is 29.8 Å². The van der Waals surface area contributed by atoms with Crippen LogP contribution in [0.15, 0.2) is 24.3 Å². The van der Waals surface area contributed by atoms with Crippen LogP contribution >= 0.6 is 0 Å². The fraction of sp³-hybridized carbons (Fsp3) is 0.312. The number of nitrogens with one attached hydrogen (secondary N) is 1. The first kappa shape index (κ1) is 14.6. The summed E-state index contributed by atoms with van der Waals surface area (Å²) < 4.78 is 14.3. The molecule has 0 radical (unpaired) electrons. The van der Waals surface area contributed by atoms with Gasteiger partial charge in [-0.1, -0.05) is 6.07 Å². The number of methoxy groups -OCH3 is 1. The van der Waals surface area contributed by atoms with Gasteiger partial charge < -0.3 is 14.0 Å². The number of benzene rings is 1. The number of aromatic nitrogens is 4. The molecule has 24 heavy (non-hydrogen) atoms. The molecule has 8 nitrogen and oxygen atoms in total. The number of amides is 1. The van der Waals surface area contributed by atoms with Crippen molar-refractivity contribution in [3.8, 4) is 11.6 Å². The number of hydrogen-bond donors (Lipinski definition) is 1. The molecule has 0 spiro atoms. The molecule has 1 N–H and O–H groups in total. The van der Waals surface area contributed by atoms with Crippen LogP contribution in [0.2, 0.25) is 0 Å². The van der Waals surface area contributed by atoms with Crippen molar-refractivity contribution in [1.29, 1.82) is 0 Å². The Morgan fingerprint density at radius 2 is 2.29 bits per heavy atom. The van der Waals surface area contributed by atoms with E-state index in [1.165, 1.54) is 0 Å². The minimum Gasteiger partial charge on any atom is -0.494 e. The molecule has 124 valence electrons. The number of nitrogens with zero attached hydrogens (tertiary/aromatic N) is 4. The molecule has 0 saturated carbocycles. The van der Waals surface area contributed by atoms with Gasteiger partial charge in [0.05, 0.1) is 19.2 Å². The quantitative estimate of drug-likeness (QED) is 0.793. The van der Waals surface area contributed by atoms with E-state index in [0.29, 0.717) is 35.4 Å². The second-order valence-electron chi connectivity index (χ2n) is 5.57. The zero-order chi connectivity index (χ0) is 16.7. The molecule has 0 saturated heterocycles. The lowest BCUT2D eigenvalue weighted by Crippen LogP contribution is -2.17. The summed E-state index contributed by atoms with van der Waals surface area (Å²) in [7, 11) is 3.43. The summed E-state index contributed by atoms with van der Waals surface area (Å²) in [5, 5.41) is 7.08. The number of hydrogen-bond acceptors (Lipinski definition) is 5. The molecule has 3 aromatic rings. The monoisotopic (exact) mass is 327 g/mol. The Labute approximate surface area is 138 Å². The Hall–Kier alpha value is -3.03. The lowest BCUT2D eigenvalue weighted by atomic mass is 10.3. The van der Waals surface area contributed by atoms with Gasteiger partial charge in [-0.15, -0.1) is 0 Å². The fourth-order valence-electron chi connectivity index (χ4n) is 2.81. The first-order valence-electron chi connectivity index (χ1n) is 7.69. The van der Waals surface area contributed by atoms with Crippen molar-refractivity contribution in [3.05, 3.63) is 30.0 Å². The minimum atomic E-state index is -0.321. The summed E-state index contributed by atoms with van der Waals surface area (Å²) in [4.78, 5) is 17.0. The van der Waals surface area contributed by atoms with Gasteiger partial charge in [-0.05, 0) is 12.1 Å². The predicted molar refractivity (Wildman–Crippen MR) is 87.6 cm³/mol. The summed E-state index contributed by atoms with van der Waals surface area (Å²) >= 11 is 0. The second-order valence-corrected chi connectivity index (χ2v) is 5.57. The first-order valence-corrected chi connectivity index (χ1v) is 7.69. The Balaban J connectivity index is 1.65. The standard InChI is InChI=1S/C16H17N5O3/c1-20-11-5-3-6-12(23-2)14(11)17-16(20)18-15(22)10-9-13-21(19-10)7-4-8-24-13/h3,5-6,9H,4,7-8H2,1-2H3,(H,17,18,22). The maximum Gasteiger partial charge on any atom is 0.278 e. The fourth-order valence-corrected chi connectivity index (χ4v) is 2.81. The SMILES string of the molecule is COc1cccc2c1nc(NC(=O)c1cc3n(n1)CCCO3)n2C. The van der Waals surface area contributed by atoms with Gasteiger partial charge in [-0.3, -0.25) is 10.1 Å². The summed E-state index contributed by atoms with van der Waals surface area (Å²) in [5.41, 5.74) is 1.88. The number of imidazole rings is 1. The molecule has 3 heterocycles. The lowest BCUT2D eigenvalue weighted by molar-refractivity contribution is 0.102. The third kappa shape index (κ3) is 2.27. The Morgan fingerprint density at radius 1 is 1.42 bits per heavy atom. The van der Waals surface area contributed by atoms with E-state index >= 15 is 0 Å². The van der Waals surface area contributed by atoms with E-state index in [0.717, 1.165) is 18.5 Å². The smallest absolute Gasteiger partial charge is 0.278 e. The number of rotatable bonds is 3. The van der Waals surface area contributed by atoms with Crippen molar-refractivity contribution in [2.24, 2.45) is 7.05 Å². The predicted octanol–water partition coefficient (Wildman–Crippen LogP) is 1.81. The van der Waals surface area contributed by atoms with Crippen molar-refractivity contribution in [2.75, 3.05) is 19.0 Å². The van der Waals surface area contributed by atoms with Crippen molar-refractivity contribution in [3.63, 3.8) is 0 Å². The highest BCUT2D eigenvalue weighted by Crippen LogP contribution is 2.27. The van der Waals surface area contributed by atoms with Crippen LogP contribution in [0.5, 0.6) is 11.6 Å². The molecule has 4 rings (SSSR count). The van der Waals surface area contributed by atoms with Crippen molar-refractivity contribution < 1.29 is 14.3 Å². The van der Waals surface area contributed by atoms with Crippen LogP contribution in [0, 0.1) is 0 Å². The van der Waals surface area contributed by atoms with E-state index < -0.39 is 0 Å². The van der Waals surface area contributed by atoms with E-state index in [1.54, 1.807) is 17.9 Å². The van der Waals surface area contributed by atoms with Crippen LogP contribution < -0.4 is 14.8 Å². The molecule has 0 aliphatic carbocycles. The number of carbonyl (C=O) groups excluding carboxylic acids is 1. The van der Waals surface area contributed by atoms with Crippen molar-refractivity contribution in [2.45, 2.75) is 13.0 Å². The zero-order valence-electron chi connectivity index (χ0n) is 13.4. The van der Waals surface area contributed by atoms with Crippen molar-refractivity contribution in [1.82, 2.24) is 19.3 Å². The number of para-hydroxylation sites is 1. The van der Waals surface area contributed by atoms with E-state index in [4.69, 9.17) is 9.47 Å². The molecule has 0 fully saturated rings. The molecule has 0 unspecified atom stereocenters. The van der Waals surface area contributed by atoms with Crippen LogP contribution in [-0.4, -0.2) is 39.0 Å². The van der Waals surface area contributed by atoms with Gasteiger partial charge >= 0.3 is 0 Å². The van der Waals surface area contributed by atoms with E-state index in [9.17, 15) is 4.79 Å². The molecular weight excluding hydrogens is 310 g/mol. The number of fused-ring (bicyclic) bond motifs is 2. The van der Waals surface area contributed by atoms with Gasteiger partial charge in [0.25, 0.3) is 5.91 Å². The molecule has 1 amide bonds. The Morgan fingerprint density at radius 3 is 3.08 bits per heavy atom. The van der Waals surface area contributed by atoms with Crippen LogP contribution in [0.1, 0.15) is 16.9 Å². The minimum absolute atomic E-state index is 0.311. The Kier molecular flexibility index (Phi) is 3.37. The van der Waals surface area contributed by atoms with E-state index in [-0.39, 0.29) is 5.91 Å². The number of ether oxygens (including phenoxy) is 2. The summed E-state index contributed by atoms with van der Waals surface area (Å²) in [6, 6.07) is 7.29. The molecule has 0 atom stereocenters. The van der Waals surface area contributed by atoms with Gasteiger partial charge in [0.2, 0.25) is 11.8 Å². The normalized spacial score (nSPS) is 13.4.